The first-order valence-electron chi connectivity index (χ1n) is 8.57. The molecule has 1 saturated heterocycles. The Morgan fingerprint density at radius 2 is 1.92 bits per heavy atom. The highest BCUT2D eigenvalue weighted by Gasteiger charge is 2.20. The third-order valence-corrected chi connectivity index (χ3v) is 5.62. The van der Waals surface area contributed by atoms with Crippen LogP contribution in [0.25, 0.3) is 0 Å². The van der Waals surface area contributed by atoms with Crippen LogP contribution >= 0.6 is 11.8 Å². The van der Waals surface area contributed by atoms with Crippen LogP contribution in [-0.2, 0) is 4.74 Å². The van der Waals surface area contributed by atoms with E-state index in [1.165, 1.54) is 0 Å². The second kappa shape index (κ2) is 8.38. The van der Waals surface area contributed by atoms with Gasteiger partial charge in [0.1, 0.15) is 0 Å². The number of hydrogen-bond acceptors (Lipinski definition) is 4. The molecule has 6 heteroatoms. The summed E-state index contributed by atoms with van der Waals surface area (Å²) in [7, 11) is 1.73. The predicted octanol–water partition coefficient (Wildman–Crippen LogP) is 3.33. The van der Waals surface area contributed by atoms with Crippen LogP contribution in [0.5, 0.6) is 0 Å². The topological polar surface area (TPSA) is 72.6 Å². The average Bonchev–Trinajstić information content (AvgIpc) is 3.19. The molecule has 2 aromatic rings. The van der Waals surface area contributed by atoms with Crippen LogP contribution in [0, 0.1) is 0 Å². The largest absolute Gasteiger partial charge is 0.377 e. The molecule has 5 nitrogen and oxygen atoms in total. The Hall–Kier alpha value is -2.31. The monoisotopic (exact) mass is 370 g/mol. The van der Waals surface area contributed by atoms with Crippen molar-refractivity contribution in [3.8, 4) is 0 Å². The van der Waals surface area contributed by atoms with Gasteiger partial charge in [0, 0.05) is 35.6 Å². The summed E-state index contributed by atoms with van der Waals surface area (Å²) in [5.74, 6) is 0.273. The maximum absolute atomic E-state index is 13.0. The van der Waals surface area contributed by atoms with Gasteiger partial charge < -0.3 is 15.4 Å². The van der Waals surface area contributed by atoms with Crippen molar-refractivity contribution in [2.45, 2.75) is 23.8 Å². The van der Waals surface area contributed by atoms with Crippen molar-refractivity contribution in [2.75, 3.05) is 24.3 Å². The fourth-order valence-corrected chi connectivity index (χ4v) is 3.99. The number of benzene rings is 2. The summed E-state index contributed by atoms with van der Waals surface area (Å²) in [6, 6.07) is 14.3. The summed E-state index contributed by atoms with van der Waals surface area (Å²) >= 11 is 1.66. The molecule has 26 heavy (non-hydrogen) atoms. The van der Waals surface area contributed by atoms with Crippen LogP contribution in [0.4, 0.5) is 5.69 Å². The lowest BCUT2D eigenvalue weighted by Crippen LogP contribution is -2.27. The zero-order valence-corrected chi connectivity index (χ0v) is 15.5. The second-order valence-corrected chi connectivity index (χ2v) is 7.28. The molecule has 1 atom stereocenters. The molecule has 0 spiro atoms. The van der Waals surface area contributed by atoms with Gasteiger partial charge in [-0.1, -0.05) is 12.1 Å². The molecule has 1 aliphatic rings. The van der Waals surface area contributed by atoms with Gasteiger partial charge in [-0.15, -0.1) is 11.8 Å². The quantitative estimate of drug-likeness (QED) is 0.792. The molecule has 1 unspecified atom stereocenters. The number of carbonyl (C=O) groups is 2. The number of ether oxygens (including phenoxy) is 1. The van der Waals surface area contributed by atoms with Gasteiger partial charge >= 0.3 is 0 Å². The van der Waals surface area contributed by atoms with E-state index in [-0.39, 0.29) is 12.0 Å². The summed E-state index contributed by atoms with van der Waals surface area (Å²) in [6.45, 7) is 0.829. The minimum atomic E-state index is -0.485. The number of hydrogen-bond donors (Lipinski definition) is 1. The number of carbonyl (C=O) groups excluding carboxylic acids is 2. The van der Waals surface area contributed by atoms with E-state index in [0.29, 0.717) is 16.8 Å². The van der Waals surface area contributed by atoms with Crippen molar-refractivity contribution in [3.63, 3.8) is 0 Å². The second-order valence-electron chi connectivity index (χ2n) is 6.22. The van der Waals surface area contributed by atoms with E-state index in [2.05, 4.69) is 0 Å². The highest BCUT2D eigenvalue weighted by molar-refractivity contribution is 7.99. The third kappa shape index (κ3) is 4.26. The number of nitrogens with two attached hydrogens (primary N) is 1. The van der Waals surface area contributed by atoms with E-state index in [9.17, 15) is 9.59 Å². The summed E-state index contributed by atoms with van der Waals surface area (Å²) in [4.78, 5) is 26.7. The Bertz CT molecular complexity index is 786. The number of amides is 2. The molecule has 2 amide bonds. The van der Waals surface area contributed by atoms with Crippen LogP contribution < -0.4 is 10.6 Å². The smallest absolute Gasteiger partial charge is 0.259 e. The van der Waals surface area contributed by atoms with E-state index >= 15 is 0 Å². The standard InChI is InChI=1S/C20H22N2O3S/c1-22(15-10-8-14(9-11-15)19(21)23)20(24)17-6-2-3-7-18(17)26-13-16-5-4-12-25-16/h2-3,6-11,16H,4-5,12-13H2,1H3,(H2,21,23). The molecule has 1 heterocycles. The maximum Gasteiger partial charge on any atom is 0.259 e. The Labute approximate surface area is 157 Å². The van der Waals surface area contributed by atoms with Crippen LogP contribution in [0.1, 0.15) is 33.6 Å². The lowest BCUT2D eigenvalue weighted by Gasteiger charge is -2.19. The highest BCUT2D eigenvalue weighted by atomic mass is 32.2. The minimum absolute atomic E-state index is 0.0905. The third-order valence-electron chi connectivity index (χ3n) is 4.41. The number of primary amides is 1. The molecule has 3 rings (SSSR count). The molecule has 2 N–H and O–H groups in total. The van der Waals surface area contributed by atoms with Gasteiger partial charge in [-0.3, -0.25) is 9.59 Å². The number of anilines is 1. The Balaban J connectivity index is 1.74. The molecule has 0 radical (unpaired) electrons. The normalized spacial score (nSPS) is 16.4. The molecular formula is C20H22N2O3S. The van der Waals surface area contributed by atoms with E-state index in [1.807, 2.05) is 24.3 Å². The molecule has 2 aromatic carbocycles. The summed E-state index contributed by atoms with van der Waals surface area (Å²) in [5.41, 5.74) is 7.05. The Kier molecular flexibility index (Phi) is 5.96. The van der Waals surface area contributed by atoms with Crippen molar-refractivity contribution >= 4 is 29.3 Å². The lowest BCUT2D eigenvalue weighted by molar-refractivity contribution is 0.0987. The average molecular weight is 370 g/mol. The molecule has 0 aliphatic carbocycles. The first kappa shape index (κ1) is 18.5. The van der Waals surface area contributed by atoms with E-state index in [4.69, 9.17) is 10.5 Å². The van der Waals surface area contributed by atoms with E-state index in [1.54, 1.807) is 48.0 Å². The van der Waals surface area contributed by atoms with Gasteiger partial charge in [0.15, 0.2) is 0 Å². The van der Waals surface area contributed by atoms with Crippen LogP contribution in [0.15, 0.2) is 53.4 Å². The molecule has 0 saturated carbocycles. The minimum Gasteiger partial charge on any atom is -0.377 e. The highest BCUT2D eigenvalue weighted by Crippen LogP contribution is 2.28. The molecular weight excluding hydrogens is 348 g/mol. The zero-order valence-electron chi connectivity index (χ0n) is 14.7. The van der Waals surface area contributed by atoms with Crippen LogP contribution in [-0.4, -0.2) is 37.3 Å². The number of rotatable bonds is 6. The molecule has 0 bridgehead atoms. The SMILES string of the molecule is CN(C(=O)c1ccccc1SCC1CCCO1)c1ccc(C(N)=O)cc1. The Morgan fingerprint density at radius 3 is 2.58 bits per heavy atom. The van der Waals surface area contributed by atoms with Gasteiger partial charge in [0.25, 0.3) is 5.91 Å². The van der Waals surface area contributed by atoms with Gasteiger partial charge in [0.2, 0.25) is 5.91 Å². The van der Waals surface area contributed by atoms with Crippen molar-refractivity contribution < 1.29 is 14.3 Å². The zero-order chi connectivity index (χ0) is 18.5. The van der Waals surface area contributed by atoms with Gasteiger partial charge in [-0.2, -0.15) is 0 Å². The van der Waals surface area contributed by atoms with Crippen molar-refractivity contribution in [2.24, 2.45) is 5.73 Å². The summed E-state index contributed by atoms with van der Waals surface area (Å²) in [6.07, 6.45) is 2.45. The van der Waals surface area contributed by atoms with Gasteiger partial charge in [-0.25, -0.2) is 0 Å². The predicted molar refractivity (Wildman–Crippen MR) is 104 cm³/mol. The molecule has 136 valence electrons. The first-order valence-corrected chi connectivity index (χ1v) is 9.56. The molecule has 1 aliphatic heterocycles. The first-order chi connectivity index (χ1) is 12.6. The fourth-order valence-electron chi connectivity index (χ4n) is 2.87. The lowest BCUT2D eigenvalue weighted by atomic mass is 10.1. The van der Waals surface area contributed by atoms with E-state index in [0.717, 1.165) is 30.1 Å². The van der Waals surface area contributed by atoms with Crippen LogP contribution in [0.3, 0.4) is 0 Å². The van der Waals surface area contributed by atoms with Gasteiger partial charge in [-0.05, 0) is 49.2 Å². The number of thioether (sulfide) groups is 1. The molecule has 0 aromatic heterocycles. The van der Waals surface area contributed by atoms with E-state index < -0.39 is 5.91 Å². The summed E-state index contributed by atoms with van der Waals surface area (Å²) in [5, 5.41) is 0. The maximum atomic E-state index is 13.0. The van der Waals surface area contributed by atoms with Gasteiger partial charge in [0.05, 0.1) is 11.7 Å². The molecule has 1 fully saturated rings. The van der Waals surface area contributed by atoms with Crippen molar-refractivity contribution in [1.82, 2.24) is 0 Å². The fraction of sp³-hybridized carbons (Fsp3) is 0.300. The number of nitrogens with zero attached hydrogens (tertiary/aromatic N) is 1. The van der Waals surface area contributed by atoms with Crippen LogP contribution in [0.2, 0.25) is 0 Å². The van der Waals surface area contributed by atoms with Crippen molar-refractivity contribution in [1.29, 1.82) is 0 Å². The summed E-state index contributed by atoms with van der Waals surface area (Å²) < 4.78 is 5.67. The van der Waals surface area contributed by atoms with Crippen molar-refractivity contribution in [3.05, 3.63) is 59.7 Å². The Morgan fingerprint density at radius 1 is 1.19 bits per heavy atom.